The molecule has 0 saturated carbocycles. The lowest BCUT2D eigenvalue weighted by atomic mass is 10.1. The number of nitrogens with zero attached hydrogens (tertiary/aromatic N) is 4. The summed E-state index contributed by atoms with van der Waals surface area (Å²) in [5.74, 6) is 0.0493. The van der Waals surface area contributed by atoms with Crippen LogP contribution in [0.4, 0.5) is 0 Å². The maximum atomic E-state index is 11.0. The van der Waals surface area contributed by atoms with Crippen molar-refractivity contribution in [3.05, 3.63) is 36.2 Å². The molecule has 1 aromatic carbocycles. The number of benzene rings is 1. The second kappa shape index (κ2) is 3.37. The van der Waals surface area contributed by atoms with Gasteiger partial charge in [-0.3, -0.25) is 4.79 Å². The minimum absolute atomic E-state index is 0.0493. The number of hydrogen-bond acceptors (Lipinski definition) is 4. The maximum absolute atomic E-state index is 11.0. The minimum Gasteiger partial charge on any atom is -0.295 e. The van der Waals surface area contributed by atoms with Gasteiger partial charge in [0.25, 0.3) is 0 Å². The van der Waals surface area contributed by atoms with Gasteiger partial charge in [0.05, 0.1) is 5.69 Å². The molecule has 0 radical (unpaired) electrons. The van der Waals surface area contributed by atoms with E-state index in [2.05, 4.69) is 15.5 Å². The second-order valence-electron chi connectivity index (χ2n) is 2.86. The van der Waals surface area contributed by atoms with Gasteiger partial charge in [-0.25, -0.2) is 4.68 Å². The van der Waals surface area contributed by atoms with Crippen LogP contribution in [0.1, 0.15) is 17.3 Å². The van der Waals surface area contributed by atoms with Crippen LogP contribution >= 0.6 is 0 Å². The molecular formula is C9H8N4O. The van der Waals surface area contributed by atoms with Crippen molar-refractivity contribution < 1.29 is 4.79 Å². The minimum atomic E-state index is 0.0493. The molecule has 5 nitrogen and oxygen atoms in total. The molecule has 5 heteroatoms. The SMILES string of the molecule is CC(=O)c1ccc(-n2cnnn2)cc1. The van der Waals surface area contributed by atoms with Gasteiger partial charge in [-0.05, 0) is 41.6 Å². The predicted molar refractivity (Wildman–Crippen MR) is 49.2 cm³/mol. The molecule has 0 bridgehead atoms. The molecule has 14 heavy (non-hydrogen) atoms. The number of carbonyl (C=O) groups excluding carboxylic acids is 1. The average Bonchev–Trinajstić information content (AvgIpc) is 2.71. The molecule has 2 aromatic rings. The van der Waals surface area contributed by atoms with Gasteiger partial charge in [-0.1, -0.05) is 0 Å². The van der Waals surface area contributed by atoms with Gasteiger partial charge in [0, 0.05) is 5.56 Å². The van der Waals surface area contributed by atoms with E-state index in [0.29, 0.717) is 5.56 Å². The first-order chi connectivity index (χ1) is 6.77. The third-order valence-corrected chi connectivity index (χ3v) is 1.89. The number of tetrazole rings is 1. The quantitative estimate of drug-likeness (QED) is 0.656. The molecule has 2 rings (SSSR count). The fraction of sp³-hybridized carbons (Fsp3) is 0.111. The van der Waals surface area contributed by atoms with E-state index in [-0.39, 0.29) is 5.78 Å². The molecule has 0 aliphatic carbocycles. The summed E-state index contributed by atoms with van der Waals surface area (Å²) >= 11 is 0. The van der Waals surface area contributed by atoms with E-state index in [4.69, 9.17) is 0 Å². The summed E-state index contributed by atoms with van der Waals surface area (Å²) in [7, 11) is 0. The Morgan fingerprint density at radius 2 is 2.00 bits per heavy atom. The number of carbonyl (C=O) groups is 1. The van der Waals surface area contributed by atoms with E-state index in [1.165, 1.54) is 17.9 Å². The first-order valence-corrected chi connectivity index (χ1v) is 4.12. The molecule has 0 fully saturated rings. The highest BCUT2D eigenvalue weighted by Crippen LogP contribution is 2.07. The zero-order valence-electron chi connectivity index (χ0n) is 7.58. The molecule has 0 unspecified atom stereocenters. The highest BCUT2D eigenvalue weighted by Gasteiger charge is 2.00. The number of aromatic nitrogens is 4. The Labute approximate surface area is 80.4 Å². The van der Waals surface area contributed by atoms with Gasteiger partial charge in [0.1, 0.15) is 6.33 Å². The van der Waals surface area contributed by atoms with Crippen molar-refractivity contribution in [1.29, 1.82) is 0 Å². The Morgan fingerprint density at radius 3 is 2.50 bits per heavy atom. The van der Waals surface area contributed by atoms with E-state index in [0.717, 1.165) is 5.69 Å². The van der Waals surface area contributed by atoms with E-state index in [1.54, 1.807) is 24.3 Å². The molecule has 70 valence electrons. The smallest absolute Gasteiger partial charge is 0.159 e. The van der Waals surface area contributed by atoms with Gasteiger partial charge in [0.2, 0.25) is 0 Å². The van der Waals surface area contributed by atoms with E-state index < -0.39 is 0 Å². The Bertz CT molecular complexity index is 432. The molecule has 1 aromatic heterocycles. The molecule has 0 aliphatic rings. The van der Waals surface area contributed by atoms with Crippen LogP contribution in [0.2, 0.25) is 0 Å². The highest BCUT2D eigenvalue weighted by atomic mass is 16.1. The van der Waals surface area contributed by atoms with Gasteiger partial charge in [-0.2, -0.15) is 0 Å². The van der Waals surface area contributed by atoms with Crippen LogP contribution in [-0.2, 0) is 0 Å². The summed E-state index contributed by atoms with van der Waals surface area (Å²) in [5, 5.41) is 10.8. The fourth-order valence-electron chi connectivity index (χ4n) is 1.13. The molecule has 0 amide bonds. The zero-order chi connectivity index (χ0) is 9.97. The number of Topliss-reactive ketones (excluding diaryl/α,β-unsaturated/α-hetero) is 1. The van der Waals surface area contributed by atoms with Crippen LogP contribution in [0.3, 0.4) is 0 Å². The standard InChI is InChI=1S/C9H8N4O/c1-7(14)8-2-4-9(5-3-8)13-6-10-11-12-13/h2-6H,1H3. The van der Waals surface area contributed by atoms with Crippen LogP contribution in [0.25, 0.3) is 5.69 Å². The van der Waals surface area contributed by atoms with Crippen LogP contribution < -0.4 is 0 Å². The van der Waals surface area contributed by atoms with Gasteiger partial charge >= 0.3 is 0 Å². The number of rotatable bonds is 2. The molecule has 0 saturated heterocycles. The van der Waals surface area contributed by atoms with Crippen LogP contribution in [0, 0.1) is 0 Å². The van der Waals surface area contributed by atoms with Gasteiger partial charge in [0.15, 0.2) is 5.78 Å². The van der Waals surface area contributed by atoms with E-state index >= 15 is 0 Å². The van der Waals surface area contributed by atoms with Crippen molar-refractivity contribution in [3.8, 4) is 5.69 Å². The monoisotopic (exact) mass is 188 g/mol. The van der Waals surface area contributed by atoms with E-state index in [9.17, 15) is 4.79 Å². The normalized spacial score (nSPS) is 10.1. The predicted octanol–water partition coefficient (Wildman–Crippen LogP) is 0.865. The average molecular weight is 188 g/mol. The molecule has 0 atom stereocenters. The summed E-state index contributed by atoms with van der Waals surface area (Å²) in [4.78, 5) is 11.0. The van der Waals surface area contributed by atoms with Crippen molar-refractivity contribution in [1.82, 2.24) is 20.2 Å². The van der Waals surface area contributed by atoms with Gasteiger partial charge < -0.3 is 0 Å². The Morgan fingerprint density at radius 1 is 1.29 bits per heavy atom. The largest absolute Gasteiger partial charge is 0.295 e. The van der Waals surface area contributed by atoms with Crippen molar-refractivity contribution in [2.75, 3.05) is 0 Å². The topological polar surface area (TPSA) is 60.7 Å². The molecule has 0 spiro atoms. The first-order valence-electron chi connectivity index (χ1n) is 4.12. The Kier molecular flexibility index (Phi) is 2.06. The highest BCUT2D eigenvalue weighted by molar-refractivity contribution is 5.94. The lowest BCUT2D eigenvalue weighted by Gasteiger charge is -1.99. The zero-order valence-corrected chi connectivity index (χ0v) is 7.58. The summed E-state index contributed by atoms with van der Waals surface area (Å²) in [6.45, 7) is 1.53. The van der Waals surface area contributed by atoms with Gasteiger partial charge in [-0.15, -0.1) is 5.10 Å². The lowest BCUT2D eigenvalue weighted by Crippen LogP contribution is -1.97. The third-order valence-electron chi connectivity index (χ3n) is 1.89. The van der Waals surface area contributed by atoms with E-state index in [1.807, 2.05) is 0 Å². The Hall–Kier alpha value is -2.04. The summed E-state index contributed by atoms with van der Waals surface area (Å²) < 4.78 is 1.53. The molecule has 0 N–H and O–H groups in total. The summed E-state index contributed by atoms with van der Waals surface area (Å²) in [6.07, 6.45) is 1.50. The van der Waals surface area contributed by atoms with Crippen LogP contribution in [0.5, 0.6) is 0 Å². The third kappa shape index (κ3) is 1.52. The first kappa shape index (κ1) is 8.55. The van der Waals surface area contributed by atoms with Crippen molar-refractivity contribution in [3.63, 3.8) is 0 Å². The second-order valence-corrected chi connectivity index (χ2v) is 2.86. The van der Waals surface area contributed by atoms with Crippen LogP contribution in [-0.4, -0.2) is 26.0 Å². The fourth-order valence-corrected chi connectivity index (χ4v) is 1.13. The number of hydrogen-bond donors (Lipinski definition) is 0. The van der Waals surface area contributed by atoms with Crippen LogP contribution in [0.15, 0.2) is 30.6 Å². The summed E-state index contributed by atoms with van der Waals surface area (Å²) in [6, 6.07) is 7.10. The van der Waals surface area contributed by atoms with Crippen molar-refractivity contribution >= 4 is 5.78 Å². The maximum Gasteiger partial charge on any atom is 0.159 e. The van der Waals surface area contributed by atoms with Crippen molar-refractivity contribution in [2.45, 2.75) is 6.92 Å². The molecular weight excluding hydrogens is 180 g/mol. The molecule has 1 heterocycles. The lowest BCUT2D eigenvalue weighted by molar-refractivity contribution is 0.101. The van der Waals surface area contributed by atoms with Crippen molar-refractivity contribution in [2.24, 2.45) is 0 Å². The Balaban J connectivity index is 2.36. The molecule has 0 aliphatic heterocycles. The number of ketones is 1. The summed E-state index contributed by atoms with van der Waals surface area (Å²) in [5.41, 5.74) is 1.52.